The third-order valence-electron chi connectivity index (χ3n) is 7.30. The number of halogens is 3. The average Bonchev–Trinajstić information content (AvgIpc) is 3.60. The molecule has 2 aliphatic rings. The van der Waals surface area contributed by atoms with Gasteiger partial charge in [-0.1, -0.05) is 72.4 Å². The average molecular weight is 603 g/mol. The van der Waals surface area contributed by atoms with E-state index in [0.717, 1.165) is 45.4 Å². The number of carbonyl (C=O) groups is 2. The van der Waals surface area contributed by atoms with Crippen molar-refractivity contribution in [2.75, 3.05) is 12.4 Å². The van der Waals surface area contributed by atoms with E-state index in [-0.39, 0.29) is 18.2 Å². The number of hydrogen-bond donors (Lipinski definition) is 1. The number of methoxy groups -OCH3 is 1. The molecule has 1 N–H and O–H groups in total. The van der Waals surface area contributed by atoms with Gasteiger partial charge in [-0.2, -0.15) is 23.3 Å². The molecule has 2 unspecified atom stereocenters. The van der Waals surface area contributed by atoms with Crippen LogP contribution in [0.3, 0.4) is 0 Å². The number of amides is 2. The lowest BCUT2D eigenvalue weighted by Crippen LogP contribution is -2.25. The minimum absolute atomic E-state index is 0.280. The Morgan fingerprint density at radius 3 is 2.47 bits per heavy atom. The van der Waals surface area contributed by atoms with Gasteiger partial charge in [0.25, 0.3) is 5.91 Å². The van der Waals surface area contributed by atoms with Crippen molar-refractivity contribution in [1.29, 1.82) is 0 Å². The molecule has 7 nitrogen and oxygen atoms in total. The first-order valence-electron chi connectivity index (χ1n) is 13.4. The summed E-state index contributed by atoms with van der Waals surface area (Å²) in [5.74, 6) is -0.556. The number of hydrazone groups is 1. The van der Waals surface area contributed by atoms with Gasteiger partial charge in [-0.15, -0.1) is 0 Å². The maximum absolute atomic E-state index is 13.4. The molecule has 0 radical (unpaired) electrons. The van der Waals surface area contributed by atoms with E-state index in [0.29, 0.717) is 17.3 Å². The fraction of sp³-hybridized carbons (Fsp3) is 0.188. The van der Waals surface area contributed by atoms with Gasteiger partial charge in [-0.3, -0.25) is 9.59 Å². The van der Waals surface area contributed by atoms with Crippen LogP contribution >= 0.6 is 11.8 Å². The predicted octanol–water partition coefficient (Wildman–Crippen LogP) is 7.05. The number of fused-ring (bicyclic) bond motifs is 1. The van der Waals surface area contributed by atoms with Crippen molar-refractivity contribution < 1.29 is 27.5 Å². The minimum atomic E-state index is -4.63. The Morgan fingerprint density at radius 2 is 1.72 bits per heavy atom. The molecule has 43 heavy (non-hydrogen) atoms. The maximum Gasteiger partial charge on any atom is 0.418 e. The van der Waals surface area contributed by atoms with Gasteiger partial charge >= 0.3 is 6.18 Å². The SMILES string of the molecule is COc1ccc(C2CC(c3ccc4ccccc4c3)=NN2C2=NC(=O)C(CC(=O)Nc3ccccc3C(F)(F)F)S2)cc1. The van der Waals surface area contributed by atoms with E-state index in [2.05, 4.69) is 16.4 Å². The Balaban J connectivity index is 1.24. The van der Waals surface area contributed by atoms with E-state index in [4.69, 9.17) is 9.84 Å². The van der Waals surface area contributed by atoms with Crippen molar-refractivity contribution in [2.24, 2.45) is 10.1 Å². The normalized spacial score (nSPS) is 18.5. The number of anilines is 1. The Bertz CT molecular complexity index is 1770. The Labute approximate surface area is 249 Å². The van der Waals surface area contributed by atoms with Crippen molar-refractivity contribution >= 4 is 50.9 Å². The first-order valence-corrected chi connectivity index (χ1v) is 14.3. The zero-order valence-corrected chi connectivity index (χ0v) is 23.7. The second kappa shape index (κ2) is 11.6. The molecule has 0 bridgehead atoms. The van der Waals surface area contributed by atoms with Crippen LogP contribution in [-0.4, -0.2) is 40.1 Å². The molecule has 0 fully saturated rings. The van der Waals surface area contributed by atoms with Crippen LogP contribution in [0.15, 0.2) is 101 Å². The lowest BCUT2D eigenvalue weighted by Gasteiger charge is -2.23. The molecule has 218 valence electrons. The van der Waals surface area contributed by atoms with Gasteiger partial charge < -0.3 is 10.1 Å². The van der Waals surface area contributed by atoms with Crippen LogP contribution in [0.2, 0.25) is 0 Å². The van der Waals surface area contributed by atoms with Crippen molar-refractivity contribution in [1.82, 2.24) is 5.01 Å². The summed E-state index contributed by atoms with van der Waals surface area (Å²) in [6.45, 7) is 0. The van der Waals surface area contributed by atoms with Gasteiger partial charge in [0.2, 0.25) is 5.91 Å². The molecular weight excluding hydrogens is 577 g/mol. The smallest absolute Gasteiger partial charge is 0.418 e. The number of thioether (sulfide) groups is 1. The summed E-state index contributed by atoms with van der Waals surface area (Å²) in [7, 11) is 1.59. The summed E-state index contributed by atoms with van der Waals surface area (Å²) in [6.07, 6.45) is -4.44. The molecular formula is C32H25F3N4O3S. The summed E-state index contributed by atoms with van der Waals surface area (Å²) < 4.78 is 45.5. The number of alkyl halides is 3. The van der Waals surface area contributed by atoms with E-state index in [1.165, 1.54) is 18.2 Å². The monoisotopic (exact) mass is 602 g/mol. The van der Waals surface area contributed by atoms with Crippen molar-refractivity contribution in [3.8, 4) is 5.75 Å². The number of rotatable bonds is 6. The Kier molecular flexibility index (Phi) is 7.66. The highest BCUT2D eigenvalue weighted by Crippen LogP contribution is 2.40. The quantitative estimate of drug-likeness (QED) is 0.256. The summed E-state index contributed by atoms with van der Waals surface area (Å²) >= 11 is 1.08. The maximum atomic E-state index is 13.4. The topological polar surface area (TPSA) is 83.4 Å². The van der Waals surface area contributed by atoms with E-state index in [1.807, 2.05) is 60.7 Å². The van der Waals surface area contributed by atoms with E-state index < -0.39 is 28.8 Å². The van der Waals surface area contributed by atoms with E-state index in [9.17, 15) is 22.8 Å². The molecule has 0 spiro atoms. The fourth-order valence-corrected chi connectivity index (χ4v) is 6.19. The van der Waals surface area contributed by atoms with Gasteiger partial charge in [0.1, 0.15) is 11.0 Å². The highest BCUT2D eigenvalue weighted by Gasteiger charge is 2.40. The van der Waals surface area contributed by atoms with Crippen molar-refractivity contribution in [3.63, 3.8) is 0 Å². The standard InChI is InChI=1S/C32H25F3N4O3S/c1-42-23-14-12-20(13-15-23)27-17-26(22-11-10-19-6-2-3-7-21(19)16-22)38-39(27)31-37-30(41)28(43-31)18-29(40)36-25-9-5-4-8-24(25)32(33,34)35/h2-16,27-28H,17-18H2,1H3,(H,36,40). The lowest BCUT2D eigenvalue weighted by atomic mass is 9.97. The molecule has 11 heteroatoms. The van der Waals surface area contributed by atoms with Gasteiger partial charge in [-0.05, 0) is 52.2 Å². The molecule has 2 atom stereocenters. The molecule has 2 aliphatic heterocycles. The number of carbonyl (C=O) groups excluding carboxylic acids is 2. The van der Waals surface area contributed by atoms with Crippen LogP contribution < -0.4 is 10.1 Å². The second-order valence-corrected chi connectivity index (χ2v) is 11.3. The molecule has 4 aromatic carbocycles. The molecule has 2 heterocycles. The van der Waals surface area contributed by atoms with Crippen LogP contribution in [0, 0.1) is 0 Å². The third-order valence-corrected chi connectivity index (χ3v) is 8.44. The number of nitrogens with zero attached hydrogens (tertiary/aromatic N) is 3. The molecule has 0 saturated carbocycles. The highest BCUT2D eigenvalue weighted by atomic mass is 32.2. The summed E-state index contributed by atoms with van der Waals surface area (Å²) in [4.78, 5) is 29.9. The van der Waals surface area contributed by atoms with Crippen molar-refractivity contribution in [3.05, 3.63) is 108 Å². The van der Waals surface area contributed by atoms with Gasteiger partial charge in [-0.25, -0.2) is 5.01 Å². The van der Waals surface area contributed by atoms with Gasteiger partial charge in [0.15, 0.2) is 5.17 Å². The Hall–Kier alpha value is -4.64. The summed E-state index contributed by atoms with van der Waals surface area (Å²) in [6, 6.07) is 26.1. The molecule has 0 saturated heterocycles. The number of benzene rings is 4. The first-order chi connectivity index (χ1) is 20.7. The second-order valence-electron chi connectivity index (χ2n) is 10.1. The number of nitrogens with one attached hydrogen (secondary N) is 1. The number of aliphatic imine (C=N–C) groups is 1. The van der Waals surface area contributed by atoms with Crippen LogP contribution in [-0.2, 0) is 15.8 Å². The number of amidine groups is 1. The molecule has 6 rings (SSSR count). The summed E-state index contributed by atoms with van der Waals surface area (Å²) in [5, 5.41) is 10.5. The van der Waals surface area contributed by atoms with Crippen LogP contribution in [0.25, 0.3) is 10.8 Å². The molecule has 4 aromatic rings. The Morgan fingerprint density at radius 1 is 1.00 bits per heavy atom. The molecule has 0 aliphatic carbocycles. The largest absolute Gasteiger partial charge is 0.497 e. The van der Waals surface area contributed by atoms with Gasteiger partial charge in [0.05, 0.1) is 30.1 Å². The molecule has 0 aromatic heterocycles. The first kappa shape index (κ1) is 28.5. The fourth-order valence-electron chi connectivity index (χ4n) is 5.13. The van der Waals surface area contributed by atoms with Crippen molar-refractivity contribution in [2.45, 2.75) is 30.3 Å². The van der Waals surface area contributed by atoms with E-state index >= 15 is 0 Å². The highest BCUT2D eigenvalue weighted by molar-refractivity contribution is 8.15. The lowest BCUT2D eigenvalue weighted by molar-refractivity contribution is -0.137. The van der Waals surface area contributed by atoms with Gasteiger partial charge in [0, 0.05) is 12.8 Å². The zero-order valence-electron chi connectivity index (χ0n) is 22.8. The predicted molar refractivity (Wildman–Crippen MR) is 161 cm³/mol. The van der Waals surface area contributed by atoms with Crippen LogP contribution in [0.4, 0.5) is 18.9 Å². The van der Waals surface area contributed by atoms with E-state index in [1.54, 1.807) is 12.1 Å². The minimum Gasteiger partial charge on any atom is -0.497 e. The van der Waals surface area contributed by atoms with Crippen LogP contribution in [0.1, 0.15) is 35.6 Å². The van der Waals surface area contributed by atoms with Crippen LogP contribution in [0.5, 0.6) is 5.75 Å². The molecule has 2 amide bonds. The number of ether oxygens (including phenoxy) is 1. The number of para-hydroxylation sites is 1. The third kappa shape index (κ3) is 5.98. The zero-order chi connectivity index (χ0) is 30.1. The summed E-state index contributed by atoms with van der Waals surface area (Å²) in [5.41, 5.74) is 1.36. The number of hydrogen-bond acceptors (Lipinski definition) is 6.